The van der Waals surface area contributed by atoms with Gasteiger partial charge in [0.05, 0.1) is 24.9 Å². The van der Waals surface area contributed by atoms with Crippen LogP contribution in [0.3, 0.4) is 0 Å². The van der Waals surface area contributed by atoms with Crippen molar-refractivity contribution in [3.63, 3.8) is 0 Å². The molecule has 0 aliphatic heterocycles. The number of methoxy groups -OCH3 is 2. The van der Waals surface area contributed by atoms with Crippen molar-refractivity contribution in [1.82, 2.24) is 0 Å². The van der Waals surface area contributed by atoms with E-state index in [0.29, 0.717) is 27.8 Å². The number of aryl methyl sites for hydroxylation is 1. The fourth-order valence-electron chi connectivity index (χ4n) is 2.36. The summed E-state index contributed by atoms with van der Waals surface area (Å²) in [6.45, 7) is 2.16. The summed E-state index contributed by atoms with van der Waals surface area (Å²) in [4.78, 5) is 12.5. The Kier molecular flexibility index (Phi) is 6.50. The molecule has 0 saturated carbocycles. The highest BCUT2D eigenvalue weighted by atomic mass is 35.5. The molecule has 2 aromatic carbocycles. The zero-order valence-corrected chi connectivity index (χ0v) is 14.9. The lowest BCUT2D eigenvalue weighted by Gasteiger charge is -2.13. The molecule has 0 fully saturated rings. The fraction of sp³-hybridized carbons (Fsp3) is 0.316. The van der Waals surface area contributed by atoms with Gasteiger partial charge < -0.3 is 14.8 Å². The maximum absolute atomic E-state index is 12.5. The highest BCUT2D eigenvalue weighted by molar-refractivity contribution is 6.32. The summed E-state index contributed by atoms with van der Waals surface area (Å²) < 4.78 is 10.5. The SMILES string of the molecule is CCCCc1ccc(C(=O)Nc2cc(OC)c(Cl)cc2OC)cc1. The number of carbonyl (C=O) groups excluding carboxylic acids is 1. The first-order valence-electron chi connectivity index (χ1n) is 7.90. The van der Waals surface area contributed by atoms with E-state index in [-0.39, 0.29) is 5.91 Å². The van der Waals surface area contributed by atoms with Crippen molar-refractivity contribution in [2.24, 2.45) is 0 Å². The van der Waals surface area contributed by atoms with Crippen LogP contribution in [-0.2, 0) is 6.42 Å². The quantitative estimate of drug-likeness (QED) is 0.770. The number of hydrogen-bond acceptors (Lipinski definition) is 3. The van der Waals surface area contributed by atoms with Crippen LogP contribution in [0.2, 0.25) is 5.02 Å². The van der Waals surface area contributed by atoms with Crippen LogP contribution in [0.15, 0.2) is 36.4 Å². The van der Waals surface area contributed by atoms with Gasteiger partial charge >= 0.3 is 0 Å². The van der Waals surface area contributed by atoms with E-state index in [9.17, 15) is 4.79 Å². The summed E-state index contributed by atoms with van der Waals surface area (Å²) in [5.41, 5.74) is 2.34. The molecule has 2 rings (SSSR count). The molecule has 0 unspecified atom stereocenters. The lowest BCUT2D eigenvalue weighted by Crippen LogP contribution is -2.13. The Morgan fingerprint density at radius 2 is 1.75 bits per heavy atom. The van der Waals surface area contributed by atoms with Crippen molar-refractivity contribution in [2.45, 2.75) is 26.2 Å². The number of unbranched alkanes of at least 4 members (excludes halogenated alkanes) is 1. The first kappa shape index (κ1) is 18.1. The van der Waals surface area contributed by atoms with E-state index in [1.165, 1.54) is 19.8 Å². The second-order valence-corrected chi connectivity index (χ2v) is 5.85. The number of benzene rings is 2. The second-order valence-electron chi connectivity index (χ2n) is 5.44. The molecule has 0 heterocycles. The van der Waals surface area contributed by atoms with Gasteiger partial charge in [0.25, 0.3) is 5.91 Å². The second kappa shape index (κ2) is 8.60. The van der Waals surface area contributed by atoms with Gasteiger partial charge in [0.1, 0.15) is 11.5 Å². The van der Waals surface area contributed by atoms with E-state index in [1.807, 2.05) is 24.3 Å². The van der Waals surface area contributed by atoms with Gasteiger partial charge in [-0.05, 0) is 30.5 Å². The summed E-state index contributed by atoms with van der Waals surface area (Å²) in [7, 11) is 3.05. The molecule has 0 atom stereocenters. The minimum atomic E-state index is -0.209. The molecule has 0 aliphatic rings. The van der Waals surface area contributed by atoms with E-state index in [1.54, 1.807) is 12.1 Å². The molecule has 5 heteroatoms. The highest BCUT2D eigenvalue weighted by Crippen LogP contribution is 2.36. The first-order valence-corrected chi connectivity index (χ1v) is 8.28. The molecule has 2 aromatic rings. The first-order chi connectivity index (χ1) is 11.6. The molecule has 0 aliphatic carbocycles. The lowest BCUT2D eigenvalue weighted by atomic mass is 10.1. The Hall–Kier alpha value is -2.20. The third-order valence-electron chi connectivity index (χ3n) is 3.76. The maximum Gasteiger partial charge on any atom is 0.255 e. The lowest BCUT2D eigenvalue weighted by molar-refractivity contribution is 0.102. The number of ether oxygens (including phenoxy) is 2. The highest BCUT2D eigenvalue weighted by Gasteiger charge is 2.13. The van der Waals surface area contributed by atoms with E-state index < -0.39 is 0 Å². The largest absolute Gasteiger partial charge is 0.495 e. The summed E-state index contributed by atoms with van der Waals surface area (Å²) in [6, 6.07) is 10.9. The van der Waals surface area contributed by atoms with Crippen LogP contribution in [0.25, 0.3) is 0 Å². The van der Waals surface area contributed by atoms with Gasteiger partial charge in [-0.25, -0.2) is 0 Å². The third-order valence-corrected chi connectivity index (χ3v) is 4.05. The number of anilines is 1. The topological polar surface area (TPSA) is 47.6 Å². The van der Waals surface area contributed by atoms with Crippen LogP contribution in [0.4, 0.5) is 5.69 Å². The predicted octanol–water partition coefficient (Wildman–Crippen LogP) is 4.95. The number of amides is 1. The van der Waals surface area contributed by atoms with Crippen molar-refractivity contribution < 1.29 is 14.3 Å². The van der Waals surface area contributed by atoms with Gasteiger partial charge in [-0.15, -0.1) is 0 Å². The van der Waals surface area contributed by atoms with Crippen LogP contribution in [0, 0.1) is 0 Å². The van der Waals surface area contributed by atoms with Gasteiger partial charge in [-0.1, -0.05) is 37.1 Å². The Bertz CT molecular complexity index is 699. The van der Waals surface area contributed by atoms with Crippen LogP contribution in [0.5, 0.6) is 11.5 Å². The molecule has 24 heavy (non-hydrogen) atoms. The Labute approximate surface area is 147 Å². The molecule has 0 bridgehead atoms. The van der Waals surface area contributed by atoms with E-state index in [0.717, 1.165) is 19.3 Å². The molecular formula is C19H22ClNO3. The van der Waals surface area contributed by atoms with Crippen molar-refractivity contribution in [1.29, 1.82) is 0 Å². The molecule has 1 N–H and O–H groups in total. The maximum atomic E-state index is 12.5. The van der Waals surface area contributed by atoms with Gasteiger partial charge in [0, 0.05) is 17.7 Å². The zero-order chi connectivity index (χ0) is 17.5. The van der Waals surface area contributed by atoms with Crippen molar-refractivity contribution in [3.8, 4) is 11.5 Å². The van der Waals surface area contributed by atoms with Crippen molar-refractivity contribution in [3.05, 3.63) is 52.5 Å². The smallest absolute Gasteiger partial charge is 0.255 e. The molecule has 0 aromatic heterocycles. The molecule has 4 nitrogen and oxygen atoms in total. The van der Waals surface area contributed by atoms with E-state index in [2.05, 4.69) is 12.2 Å². The number of hydrogen-bond donors (Lipinski definition) is 1. The fourth-order valence-corrected chi connectivity index (χ4v) is 2.59. The Morgan fingerprint density at radius 3 is 2.33 bits per heavy atom. The minimum Gasteiger partial charge on any atom is -0.495 e. The summed E-state index contributed by atoms with van der Waals surface area (Å²) in [5, 5.41) is 3.26. The van der Waals surface area contributed by atoms with Crippen LogP contribution in [-0.4, -0.2) is 20.1 Å². The monoisotopic (exact) mass is 347 g/mol. The molecule has 1 amide bonds. The van der Waals surface area contributed by atoms with Crippen LogP contribution < -0.4 is 14.8 Å². The number of carbonyl (C=O) groups is 1. The average Bonchev–Trinajstić information content (AvgIpc) is 2.61. The summed E-state index contributed by atoms with van der Waals surface area (Å²) in [6.07, 6.45) is 3.33. The standard InChI is InChI=1S/C19H22ClNO3/c1-4-5-6-13-7-9-14(10-8-13)19(22)21-16-12-17(23-2)15(20)11-18(16)24-3/h7-12H,4-6H2,1-3H3,(H,21,22). The van der Waals surface area contributed by atoms with Crippen molar-refractivity contribution >= 4 is 23.2 Å². The summed E-state index contributed by atoms with van der Waals surface area (Å²) >= 11 is 6.08. The predicted molar refractivity (Wildman–Crippen MR) is 97.6 cm³/mol. The Morgan fingerprint density at radius 1 is 1.08 bits per heavy atom. The number of rotatable bonds is 7. The molecule has 0 spiro atoms. The molecular weight excluding hydrogens is 326 g/mol. The van der Waals surface area contributed by atoms with Crippen molar-refractivity contribution in [2.75, 3.05) is 19.5 Å². The molecule has 0 radical (unpaired) electrons. The van der Waals surface area contributed by atoms with Crippen LogP contribution in [0.1, 0.15) is 35.7 Å². The van der Waals surface area contributed by atoms with Gasteiger partial charge in [-0.2, -0.15) is 0 Å². The van der Waals surface area contributed by atoms with Gasteiger partial charge in [0.2, 0.25) is 0 Å². The number of halogens is 1. The normalized spacial score (nSPS) is 10.3. The molecule has 128 valence electrons. The third kappa shape index (κ3) is 4.42. The van der Waals surface area contributed by atoms with E-state index in [4.69, 9.17) is 21.1 Å². The van der Waals surface area contributed by atoms with E-state index >= 15 is 0 Å². The minimum absolute atomic E-state index is 0.209. The van der Waals surface area contributed by atoms with Crippen LogP contribution >= 0.6 is 11.6 Å². The van der Waals surface area contributed by atoms with Gasteiger partial charge in [0.15, 0.2) is 0 Å². The average molecular weight is 348 g/mol. The Balaban J connectivity index is 2.17. The zero-order valence-electron chi connectivity index (χ0n) is 14.2. The molecule has 0 saturated heterocycles. The van der Waals surface area contributed by atoms with Gasteiger partial charge in [-0.3, -0.25) is 4.79 Å². The summed E-state index contributed by atoms with van der Waals surface area (Å²) in [5.74, 6) is 0.746. The number of nitrogens with one attached hydrogen (secondary N) is 1.